The van der Waals surface area contributed by atoms with E-state index in [0.717, 1.165) is 28.1 Å². The predicted octanol–water partition coefficient (Wildman–Crippen LogP) is 5.04. The summed E-state index contributed by atoms with van der Waals surface area (Å²) in [5.41, 5.74) is 2.96. The van der Waals surface area contributed by atoms with Gasteiger partial charge in [-0.2, -0.15) is 5.10 Å². The lowest BCUT2D eigenvalue weighted by molar-refractivity contribution is 0.0992. The molecule has 0 aliphatic rings. The second kappa shape index (κ2) is 6.72. The van der Waals surface area contributed by atoms with Crippen LogP contribution in [-0.4, -0.2) is 27.6 Å². The molecule has 0 radical (unpaired) electrons. The molecule has 0 aliphatic heterocycles. The number of fused-ring (bicyclic) bond motifs is 1. The Morgan fingerprint density at radius 3 is 2.69 bits per heavy atom. The number of thiazole rings is 1. The number of rotatable bonds is 3. The topological polar surface area (TPSA) is 50.5 Å². The van der Waals surface area contributed by atoms with Crippen molar-refractivity contribution in [2.45, 2.75) is 0 Å². The molecule has 130 valence electrons. The number of anilines is 1. The van der Waals surface area contributed by atoms with E-state index in [4.69, 9.17) is 23.2 Å². The Hall–Kier alpha value is -2.41. The summed E-state index contributed by atoms with van der Waals surface area (Å²) in [6, 6.07) is 12.8. The predicted molar refractivity (Wildman–Crippen MR) is 105 cm³/mol. The second-order valence-electron chi connectivity index (χ2n) is 5.57. The van der Waals surface area contributed by atoms with Crippen molar-refractivity contribution >= 4 is 51.6 Å². The fraction of sp³-hybridized carbons (Fsp3) is 0.0556. The van der Waals surface area contributed by atoms with Crippen molar-refractivity contribution in [3.63, 3.8) is 0 Å². The van der Waals surface area contributed by atoms with Crippen LogP contribution in [0.2, 0.25) is 9.36 Å². The molecule has 0 unspecified atom stereocenters. The van der Waals surface area contributed by atoms with E-state index in [1.807, 2.05) is 24.4 Å². The van der Waals surface area contributed by atoms with Gasteiger partial charge < -0.3 is 4.90 Å². The molecule has 26 heavy (non-hydrogen) atoms. The van der Waals surface area contributed by atoms with E-state index in [-0.39, 0.29) is 5.91 Å². The summed E-state index contributed by atoms with van der Waals surface area (Å²) in [5, 5.41) is 5.23. The lowest BCUT2D eigenvalue weighted by Gasteiger charge is -2.15. The number of carbonyl (C=O) groups is 1. The standard InChI is InChI=1S/C18H12Cl2N4OS/c1-23(12-7-5-11(19)6-8-12)18(25)17-22-15(16(20)26-17)13-10-21-24-9-3-2-4-14(13)24/h2-10H,1H3. The second-order valence-corrected chi connectivity index (χ2v) is 7.61. The van der Waals surface area contributed by atoms with Gasteiger partial charge in [0.25, 0.3) is 5.91 Å². The van der Waals surface area contributed by atoms with Crippen molar-refractivity contribution < 1.29 is 4.79 Å². The first-order valence-electron chi connectivity index (χ1n) is 7.67. The average molecular weight is 403 g/mol. The zero-order valence-electron chi connectivity index (χ0n) is 13.6. The highest BCUT2D eigenvalue weighted by molar-refractivity contribution is 7.18. The van der Waals surface area contributed by atoms with Crippen molar-refractivity contribution in [3.8, 4) is 11.3 Å². The van der Waals surface area contributed by atoms with E-state index < -0.39 is 0 Å². The summed E-state index contributed by atoms with van der Waals surface area (Å²) < 4.78 is 2.20. The van der Waals surface area contributed by atoms with Crippen LogP contribution in [0.5, 0.6) is 0 Å². The van der Waals surface area contributed by atoms with Crippen LogP contribution in [0.15, 0.2) is 54.9 Å². The van der Waals surface area contributed by atoms with E-state index in [0.29, 0.717) is 20.1 Å². The molecule has 8 heteroatoms. The lowest BCUT2D eigenvalue weighted by Crippen LogP contribution is -2.25. The van der Waals surface area contributed by atoms with Crippen LogP contribution in [0.4, 0.5) is 5.69 Å². The normalized spacial score (nSPS) is 11.0. The third-order valence-electron chi connectivity index (χ3n) is 3.97. The minimum absolute atomic E-state index is 0.234. The Morgan fingerprint density at radius 2 is 1.92 bits per heavy atom. The van der Waals surface area contributed by atoms with Crippen LogP contribution in [0, 0.1) is 0 Å². The Balaban J connectivity index is 1.70. The Kier molecular flexibility index (Phi) is 4.40. The molecular formula is C18H12Cl2N4OS. The number of carbonyl (C=O) groups excluding carboxylic acids is 1. The molecule has 0 spiro atoms. The van der Waals surface area contributed by atoms with Gasteiger partial charge in [0.1, 0.15) is 10.0 Å². The molecule has 1 aromatic carbocycles. The monoisotopic (exact) mass is 402 g/mol. The maximum Gasteiger partial charge on any atom is 0.287 e. The van der Waals surface area contributed by atoms with Crippen LogP contribution in [0.25, 0.3) is 16.8 Å². The maximum atomic E-state index is 12.8. The first-order valence-corrected chi connectivity index (χ1v) is 9.24. The van der Waals surface area contributed by atoms with E-state index >= 15 is 0 Å². The molecule has 4 aromatic rings. The Bertz CT molecular complexity index is 1100. The first-order chi connectivity index (χ1) is 12.5. The van der Waals surface area contributed by atoms with E-state index in [2.05, 4.69) is 10.1 Å². The maximum absolute atomic E-state index is 12.8. The number of hydrogen-bond donors (Lipinski definition) is 0. The largest absolute Gasteiger partial charge is 0.309 e. The average Bonchev–Trinajstić information content (AvgIpc) is 3.24. The molecule has 0 atom stereocenters. The fourth-order valence-corrected chi connectivity index (χ4v) is 3.87. The SMILES string of the molecule is CN(C(=O)c1nc(-c2cnn3ccccc23)c(Cl)s1)c1ccc(Cl)cc1. The molecule has 0 saturated carbocycles. The van der Waals surface area contributed by atoms with Gasteiger partial charge >= 0.3 is 0 Å². The van der Waals surface area contributed by atoms with Crippen molar-refractivity contribution in [1.29, 1.82) is 0 Å². The van der Waals surface area contributed by atoms with Crippen molar-refractivity contribution in [2.24, 2.45) is 0 Å². The van der Waals surface area contributed by atoms with Crippen LogP contribution >= 0.6 is 34.5 Å². The summed E-state index contributed by atoms with van der Waals surface area (Å²) >= 11 is 13.4. The number of aromatic nitrogens is 3. The third kappa shape index (κ3) is 2.96. The van der Waals surface area contributed by atoms with Crippen molar-refractivity contribution in [2.75, 3.05) is 11.9 Å². The van der Waals surface area contributed by atoms with Gasteiger partial charge in [0.2, 0.25) is 0 Å². The summed E-state index contributed by atoms with van der Waals surface area (Å²) in [7, 11) is 1.69. The number of nitrogens with zero attached hydrogens (tertiary/aromatic N) is 4. The van der Waals surface area contributed by atoms with Gasteiger partial charge in [-0.1, -0.05) is 40.6 Å². The smallest absolute Gasteiger partial charge is 0.287 e. The summed E-state index contributed by atoms with van der Waals surface area (Å²) in [5.74, 6) is -0.234. The molecule has 0 aliphatic carbocycles. The quantitative estimate of drug-likeness (QED) is 0.482. The van der Waals surface area contributed by atoms with Gasteiger partial charge in [-0.25, -0.2) is 9.50 Å². The highest BCUT2D eigenvalue weighted by atomic mass is 35.5. The minimum Gasteiger partial charge on any atom is -0.309 e. The van der Waals surface area contributed by atoms with Gasteiger partial charge in [-0.15, -0.1) is 0 Å². The molecule has 4 rings (SSSR count). The van der Waals surface area contributed by atoms with E-state index in [1.54, 1.807) is 42.0 Å². The number of amides is 1. The molecule has 5 nitrogen and oxygen atoms in total. The van der Waals surface area contributed by atoms with Gasteiger partial charge in [0, 0.05) is 29.5 Å². The Morgan fingerprint density at radius 1 is 1.15 bits per heavy atom. The number of hydrogen-bond acceptors (Lipinski definition) is 4. The first kappa shape index (κ1) is 17.0. The van der Waals surface area contributed by atoms with Crippen LogP contribution in [0.3, 0.4) is 0 Å². The highest BCUT2D eigenvalue weighted by Crippen LogP contribution is 2.35. The zero-order chi connectivity index (χ0) is 18.3. The third-order valence-corrected chi connectivity index (χ3v) is 5.46. The summed E-state index contributed by atoms with van der Waals surface area (Å²) in [6.45, 7) is 0. The minimum atomic E-state index is -0.234. The van der Waals surface area contributed by atoms with Gasteiger partial charge in [-0.3, -0.25) is 4.79 Å². The van der Waals surface area contributed by atoms with Gasteiger partial charge in [0.05, 0.1) is 11.7 Å². The molecule has 1 amide bonds. The zero-order valence-corrected chi connectivity index (χ0v) is 15.9. The van der Waals surface area contributed by atoms with E-state index in [9.17, 15) is 4.79 Å². The van der Waals surface area contributed by atoms with Gasteiger partial charge in [-0.05, 0) is 36.4 Å². The van der Waals surface area contributed by atoms with Gasteiger partial charge in [0.15, 0.2) is 5.01 Å². The highest BCUT2D eigenvalue weighted by Gasteiger charge is 2.22. The summed E-state index contributed by atoms with van der Waals surface area (Å²) in [4.78, 5) is 18.8. The molecule has 3 heterocycles. The number of pyridine rings is 1. The van der Waals surface area contributed by atoms with Crippen LogP contribution in [-0.2, 0) is 0 Å². The molecule has 0 fully saturated rings. The van der Waals surface area contributed by atoms with Crippen LogP contribution < -0.4 is 4.90 Å². The lowest BCUT2D eigenvalue weighted by atomic mass is 10.2. The number of benzene rings is 1. The van der Waals surface area contributed by atoms with Crippen LogP contribution in [0.1, 0.15) is 9.80 Å². The molecule has 3 aromatic heterocycles. The molecule has 0 N–H and O–H groups in total. The molecule has 0 bridgehead atoms. The van der Waals surface area contributed by atoms with E-state index in [1.165, 1.54) is 4.90 Å². The molecular weight excluding hydrogens is 391 g/mol. The van der Waals surface area contributed by atoms with Crippen molar-refractivity contribution in [1.82, 2.24) is 14.6 Å². The molecule has 0 saturated heterocycles. The van der Waals surface area contributed by atoms with Crippen molar-refractivity contribution in [3.05, 3.63) is 69.2 Å². The Labute approximate surface area is 163 Å². The summed E-state index contributed by atoms with van der Waals surface area (Å²) in [6.07, 6.45) is 3.55. The fourth-order valence-electron chi connectivity index (χ4n) is 2.60. The number of halogens is 2.